The predicted octanol–water partition coefficient (Wildman–Crippen LogP) is 4.31. The van der Waals surface area contributed by atoms with Gasteiger partial charge in [0.25, 0.3) is 0 Å². The number of nitrogens with zero attached hydrogens (tertiary/aromatic N) is 1. The molecule has 0 aliphatic heterocycles. The second kappa shape index (κ2) is 6.23. The monoisotopic (exact) mass is 405 g/mol. The average molecular weight is 407 g/mol. The Labute approximate surface area is 139 Å². The Kier molecular flexibility index (Phi) is 4.35. The number of benzene rings is 2. The van der Waals surface area contributed by atoms with E-state index >= 15 is 0 Å². The van der Waals surface area contributed by atoms with Gasteiger partial charge >= 0.3 is 0 Å². The molecule has 21 heavy (non-hydrogen) atoms. The van der Waals surface area contributed by atoms with E-state index in [1.165, 1.54) is 0 Å². The minimum atomic E-state index is -0.115. The number of nitrogens with one attached hydrogen (secondary N) is 1. The lowest BCUT2D eigenvalue weighted by Crippen LogP contribution is -2.29. The van der Waals surface area contributed by atoms with Crippen LogP contribution in [0.25, 0.3) is 10.9 Å². The fraction of sp³-hybridized carbons (Fsp3) is 0.0625. The Morgan fingerprint density at radius 2 is 1.67 bits per heavy atom. The minimum Gasteiger partial charge on any atom is -0.271 e. The summed E-state index contributed by atoms with van der Waals surface area (Å²) in [6, 6.07) is 16.1. The molecule has 5 heteroatoms. The molecule has 1 atom stereocenters. The molecule has 1 unspecified atom stereocenters. The number of hydrazine groups is 1. The summed E-state index contributed by atoms with van der Waals surface area (Å²) in [6.07, 6.45) is 1.86. The summed E-state index contributed by atoms with van der Waals surface area (Å²) in [6.45, 7) is 0. The standard InChI is InChI=1S/C16H13Br2N3/c17-13-6-11(7-14(18)8-13)16(21-19)12-5-10-3-1-2-4-15(10)20-9-12/h1-9,16,21H,19H2. The van der Waals surface area contributed by atoms with Crippen molar-refractivity contribution in [3.05, 3.63) is 74.8 Å². The topological polar surface area (TPSA) is 50.9 Å². The zero-order chi connectivity index (χ0) is 14.8. The highest BCUT2D eigenvalue weighted by Gasteiger charge is 2.14. The van der Waals surface area contributed by atoms with Crippen molar-refractivity contribution in [2.45, 2.75) is 6.04 Å². The zero-order valence-corrected chi connectivity index (χ0v) is 14.2. The third-order valence-electron chi connectivity index (χ3n) is 3.33. The van der Waals surface area contributed by atoms with Gasteiger partial charge in [0.15, 0.2) is 0 Å². The maximum absolute atomic E-state index is 5.77. The second-order valence-electron chi connectivity index (χ2n) is 4.76. The Bertz CT molecular complexity index is 769. The van der Waals surface area contributed by atoms with Crippen LogP contribution >= 0.6 is 31.9 Å². The lowest BCUT2D eigenvalue weighted by Gasteiger charge is -2.18. The van der Waals surface area contributed by atoms with Crippen molar-refractivity contribution in [2.75, 3.05) is 0 Å². The molecule has 0 radical (unpaired) electrons. The first-order valence-corrected chi connectivity index (χ1v) is 8.03. The molecule has 0 bridgehead atoms. The van der Waals surface area contributed by atoms with E-state index in [2.05, 4.69) is 54.4 Å². The van der Waals surface area contributed by atoms with Gasteiger partial charge in [-0.1, -0.05) is 50.1 Å². The number of hydrogen-bond donors (Lipinski definition) is 2. The van der Waals surface area contributed by atoms with E-state index in [1.54, 1.807) is 0 Å². The van der Waals surface area contributed by atoms with Crippen molar-refractivity contribution in [2.24, 2.45) is 5.84 Å². The smallest absolute Gasteiger partial charge is 0.0726 e. The molecular formula is C16H13Br2N3. The van der Waals surface area contributed by atoms with Crippen LogP contribution in [0, 0.1) is 0 Å². The fourth-order valence-corrected chi connectivity index (χ4v) is 3.70. The molecule has 3 nitrogen and oxygen atoms in total. The van der Waals surface area contributed by atoms with Gasteiger partial charge in [0.2, 0.25) is 0 Å². The van der Waals surface area contributed by atoms with Gasteiger partial charge in [-0.2, -0.15) is 0 Å². The lowest BCUT2D eigenvalue weighted by atomic mass is 9.99. The molecule has 3 N–H and O–H groups in total. The first-order valence-electron chi connectivity index (χ1n) is 6.44. The van der Waals surface area contributed by atoms with E-state index in [0.717, 1.165) is 31.0 Å². The van der Waals surface area contributed by atoms with Gasteiger partial charge in [0.1, 0.15) is 0 Å². The summed E-state index contributed by atoms with van der Waals surface area (Å²) in [5, 5.41) is 1.10. The molecule has 2 aromatic carbocycles. The van der Waals surface area contributed by atoms with E-state index in [4.69, 9.17) is 5.84 Å². The first kappa shape index (κ1) is 14.7. The molecule has 0 aliphatic rings. The largest absolute Gasteiger partial charge is 0.271 e. The van der Waals surface area contributed by atoms with Crippen LogP contribution in [-0.4, -0.2) is 4.98 Å². The summed E-state index contributed by atoms with van der Waals surface area (Å²) in [5.41, 5.74) is 5.95. The normalized spacial score (nSPS) is 12.5. The van der Waals surface area contributed by atoms with Gasteiger partial charge in [0.05, 0.1) is 11.6 Å². The van der Waals surface area contributed by atoms with E-state index in [1.807, 2.05) is 42.6 Å². The molecule has 3 rings (SSSR count). The van der Waals surface area contributed by atoms with Gasteiger partial charge in [-0.05, 0) is 41.5 Å². The summed E-state index contributed by atoms with van der Waals surface area (Å²) in [4.78, 5) is 4.50. The number of nitrogens with two attached hydrogens (primary N) is 1. The summed E-state index contributed by atoms with van der Waals surface area (Å²) in [5.74, 6) is 5.77. The number of rotatable bonds is 3. The van der Waals surface area contributed by atoms with Crippen LogP contribution in [0.5, 0.6) is 0 Å². The summed E-state index contributed by atoms with van der Waals surface area (Å²) in [7, 11) is 0. The molecule has 0 saturated heterocycles. The Hall–Kier alpha value is -1.27. The van der Waals surface area contributed by atoms with Crippen LogP contribution in [0.2, 0.25) is 0 Å². The van der Waals surface area contributed by atoms with Crippen LogP contribution < -0.4 is 11.3 Å². The maximum Gasteiger partial charge on any atom is 0.0726 e. The number of halogens is 2. The number of fused-ring (bicyclic) bond motifs is 1. The SMILES string of the molecule is NNC(c1cc(Br)cc(Br)c1)c1cnc2ccccc2c1. The van der Waals surface area contributed by atoms with Gasteiger partial charge in [0, 0.05) is 20.5 Å². The van der Waals surface area contributed by atoms with Gasteiger partial charge in [-0.3, -0.25) is 10.8 Å². The number of pyridine rings is 1. The first-order chi connectivity index (χ1) is 10.2. The van der Waals surface area contributed by atoms with Crippen LogP contribution in [0.4, 0.5) is 0 Å². The van der Waals surface area contributed by atoms with Crippen molar-refractivity contribution in [1.82, 2.24) is 10.4 Å². The van der Waals surface area contributed by atoms with Crippen LogP contribution in [0.3, 0.4) is 0 Å². The van der Waals surface area contributed by atoms with E-state index in [9.17, 15) is 0 Å². The molecule has 0 spiro atoms. The summed E-state index contributed by atoms with van der Waals surface area (Å²) >= 11 is 7.02. The molecule has 0 amide bonds. The Balaban J connectivity index is 2.08. The van der Waals surface area contributed by atoms with Crippen molar-refractivity contribution in [3.8, 4) is 0 Å². The molecule has 1 heterocycles. The highest BCUT2D eigenvalue weighted by molar-refractivity contribution is 9.11. The van der Waals surface area contributed by atoms with Crippen molar-refractivity contribution in [1.29, 1.82) is 0 Å². The van der Waals surface area contributed by atoms with E-state index in [-0.39, 0.29) is 6.04 Å². The average Bonchev–Trinajstić information content (AvgIpc) is 2.47. The molecule has 0 aliphatic carbocycles. The van der Waals surface area contributed by atoms with Crippen molar-refractivity contribution in [3.63, 3.8) is 0 Å². The van der Waals surface area contributed by atoms with Crippen molar-refractivity contribution < 1.29 is 0 Å². The number of para-hydroxylation sites is 1. The number of hydrogen-bond acceptors (Lipinski definition) is 3. The zero-order valence-electron chi connectivity index (χ0n) is 11.1. The molecule has 0 fully saturated rings. The van der Waals surface area contributed by atoms with E-state index < -0.39 is 0 Å². The van der Waals surface area contributed by atoms with E-state index in [0.29, 0.717) is 0 Å². The Morgan fingerprint density at radius 3 is 2.38 bits per heavy atom. The Morgan fingerprint density at radius 1 is 0.952 bits per heavy atom. The number of aromatic nitrogens is 1. The molecule has 0 saturated carbocycles. The van der Waals surface area contributed by atoms with Gasteiger partial charge in [-0.15, -0.1) is 0 Å². The van der Waals surface area contributed by atoms with Gasteiger partial charge < -0.3 is 0 Å². The van der Waals surface area contributed by atoms with Crippen LogP contribution in [0.1, 0.15) is 17.2 Å². The predicted molar refractivity (Wildman–Crippen MR) is 92.8 cm³/mol. The van der Waals surface area contributed by atoms with Crippen LogP contribution in [-0.2, 0) is 0 Å². The third kappa shape index (κ3) is 3.16. The molecule has 1 aromatic heterocycles. The molecular weight excluding hydrogens is 394 g/mol. The minimum absolute atomic E-state index is 0.115. The lowest BCUT2D eigenvalue weighted by molar-refractivity contribution is 0.635. The second-order valence-corrected chi connectivity index (χ2v) is 6.60. The maximum atomic E-state index is 5.77. The highest BCUT2D eigenvalue weighted by atomic mass is 79.9. The quantitative estimate of drug-likeness (QED) is 0.503. The third-order valence-corrected chi connectivity index (χ3v) is 4.25. The van der Waals surface area contributed by atoms with Crippen molar-refractivity contribution >= 4 is 42.8 Å². The molecule has 106 valence electrons. The van der Waals surface area contributed by atoms with Crippen LogP contribution in [0.15, 0.2) is 63.7 Å². The van der Waals surface area contributed by atoms with Gasteiger partial charge in [-0.25, -0.2) is 5.43 Å². The summed E-state index contributed by atoms with van der Waals surface area (Å²) < 4.78 is 2.00. The highest BCUT2D eigenvalue weighted by Crippen LogP contribution is 2.28. The molecule has 3 aromatic rings. The fourth-order valence-electron chi connectivity index (χ4n) is 2.37.